The Labute approximate surface area is 92.0 Å². The predicted octanol–water partition coefficient (Wildman–Crippen LogP) is 2.47. The van der Waals surface area contributed by atoms with Gasteiger partial charge in [-0.25, -0.2) is 4.99 Å². The average molecular weight is 222 g/mol. The Morgan fingerprint density at radius 3 is 2.73 bits per heavy atom. The standard InChI is InChI=1S/C11H8ClNO2/c12-9-3-1-8(2-4-9)10(14)7-11-13-5-6-15-11/h1-5,7H,6H2. The Bertz CT molecular complexity index is 434. The summed E-state index contributed by atoms with van der Waals surface area (Å²) in [5.41, 5.74) is 0.567. The number of carbonyl (C=O) groups excluding carboxylic acids is 1. The first-order valence-corrected chi connectivity index (χ1v) is 4.80. The van der Waals surface area contributed by atoms with Gasteiger partial charge in [0.05, 0.1) is 0 Å². The molecule has 0 amide bonds. The molecule has 2 rings (SSSR count). The van der Waals surface area contributed by atoms with E-state index < -0.39 is 0 Å². The summed E-state index contributed by atoms with van der Waals surface area (Å²) < 4.78 is 5.06. The van der Waals surface area contributed by atoms with E-state index in [1.165, 1.54) is 6.08 Å². The van der Waals surface area contributed by atoms with E-state index in [2.05, 4.69) is 4.99 Å². The Morgan fingerprint density at radius 2 is 2.13 bits per heavy atom. The van der Waals surface area contributed by atoms with Gasteiger partial charge in [-0.1, -0.05) is 11.6 Å². The smallest absolute Gasteiger partial charge is 0.217 e. The van der Waals surface area contributed by atoms with Gasteiger partial charge >= 0.3 is 0 Å². The molecule has 3 nitrogen and oxygen atoms in total. The predicted molar refractivity (Wildman–Crippen MR) is 58.3 cm³/mol. The number of allylic oxidation sites excluding steroid dienone is 1. The van der Waals surface area contributed by atoms with Crippen molar-refractivity contribution in [1.29, 1.82) is 0 Å². The van der Waals surface area contributed by atoms with Crippen LogP contribution < -0.4 is 0 Å². The van der Waals surface area contributed by atoms with Crippen LogP contribution in [-0.2, 0) is 4.74 Å². The lowest BCUT2D eigenvalue weighted by molar-refractivity contribution is 0.104. The van der Waals surface area contributed by atoms with Crippen molar-refractivity contribution in [3.63, 3.8) is 0 Å². The van der Waals surface area contributed by atoms with Crippen molar-refractivity contribution in [3.05, 3.63) is 46.8 Å². The fraction of sp³-hybridized carbons (Fsp3) is 0.0909. The van der Waals surface area contributed by atoms with Gasteiger partial charge in [-0.3, -0.25) is 4.79 Å². The van der Waals surface area contributed by atoms with Crippen molar-refractivity contribution in [3.8, 4) is 0 Å². The molecular weight excluding hydrogens is 214 g/mol. The molecule has 0 saturated carbocycles. The summed E-state index contributed by atoms with van der Waals surface area (Å²) in [5, 5.41) is 0.606. The number of ether oxygens (including phenoxy) is 1. The topological polar surface area (TPSA) is 38.7 Å². The molecule has 76 valence electrons. The Kier molecular flexibility index (Phi) is 2.83. The maximum absolute atomic E-state index is 11.6. The number of aliphatic imine (C=N–C) groups is 1. The first kappa shape index (κ1) is 9.93. The monoisotopic (exact) mass is 221 g/mol. The summed E-state index contributed by atoms with van der Waals surface area (Å²) in [6.45, 7) is 0.430. The first-order chi connectivity index (χ1) is 7.25. The highest BCUT2D eigenvalue weighted by Gasteiger charge is 2.07. The summed E-state index contributed by atoms with van der Waals surface area (Å²) in [7, 11) is 0. The molecule has 1 aliphatic heterocycles. The van der Waals surface area contributed by atoms with Gasteiger partial charge in [-0.15, -0.1) is 0 Å². The number of hydrogen-bond donors (Lipinski definition) is 0. The second-order valence-corrected chi connectivity index (χ2v) is 3.41. The third kappa shape index (κ3) is 2.44. The molecule has 15 heavy (non-hydrogen) atoms. The molecule has 0 atom stereocenters. The zero-order chi connectivity index (χ0) is 10.7. The maximum atomic E-state index is 11.6. The van der Waals surface area contributed by atoms with E-state index in [1.54, 1.807) is 30.5 Å². The average Bonchev–Trinajstić information content (AvgIpc) is 2.71. The summed E-state index contributed by atoms with van der Waals surface area (Å²) in [4.78, 5) is 15.5. The molecule has 0 saturated heterocycles. The third-order valence-corrected chi connectivity index (χ3v) is 2.16. The summed E-state index contributed by atoms with van der Waals surface area (Å²) in [6.07, 6.45) is 2.98. The van der Waals surface area contributed by atoms with E-state index >= 15 is 0 Å². The summed E-state index contributed by atoms with van der Waals surface area (Å²) in [6, 6.07) is 6.68. The molecule has 4 heteroatoms. The highest BCUT2D eigenvalue weighted by molar-refractivity contribution is 6.30. The van der Waals surface area contributed by atoms with Gasteiger partial charge in [0, 0.05) is 22.9 Å². The molecule has 0 aromatic heterocycles. The molecule has 0 fully saturated rings. The molecule has 1 aromatic carbocycles. The number of halogens is 1. The SMILES string of the molecule is O=C(C=C1N=CCO1)c1ccc(Cl)cc1. The van der Waals surface area contributed by atoms with Crippen molar-refractivity contribution in [2.45, 2.75) is 0 Å². The molecular formula is C11H8ClNO2. The maximum Gasteiger partial charge on any atom is 0.217 e. The van der Waals surface area contributed by atoms with E-state index in [1.807, 2.05) is 0 Å². The normalized spacial score (nSPS) is 16.7. The number of hydrogen-bond acceptors (Lipinski definition) is 3. The third-order valence-electron chi connectivity index (χ3n) is 1.91. The zero-order valence-electron chi connectivity index (χ0n) is 7.81. The molecule has 0 aliphatic carbocycles. The van der Waals surface area contributed by atoms with Crippen molar-refractivity contribution in [2.24, 2.45) is 4.99 Å². The lowest BCUT2D eigenvalue weighted by Crippen LogP contribution is -1.95. The van der Waals surface area contributed by atoms with Gasteiger partial charge in [0.15, 0.2) is 5.78 Å². The minimum absolute atomic E-state index is 0.138. The van der Waals surface area contributed by atoms with E-state index in [-0.39, 0.29) is 5.78 Å². The molecule has 1 heterocycles. The minimum atomic E-state index is -0.138. The van der Waals surface area contributed by atoms with Crippen LogP contribution in [0.3, 0.4) is 0 Å². The van der Waals surface area contributed by atoms with Crippen LogP contribution in [0.4, 0.5) is 0 Å². The first-order valence-electron chi connectivity index (χ1n) is 4.42. The zero-order valence-corrected chi connectivity index (χ0v) is 8.57. The highest BCUT2D eigenvalue weighted by Crippen LogP contribution is 2.12. The molecule has 1 aromatic rings. The van der Waals surface area contributed by atoms with Crippen molar-refractivity contribution in [1.82, 2.24) is 0 Å². The van der Waals surface area contributed by atoms with E-state index in [4.69, 9.17) is 16.3 Å². The highest BCUT2D eigenvalue weighted by atomic mass is 35.5. The Morgan fingerprint density at radius 1 is 1.40 bits per heavy atom. The van der Waals surface area contributed by atoms with Crippen LogP contribution in [0, 0.1) is 0 Å². The second kappa shape index (κ2) is 4.28. The number of rotatable bonds is 2. The lowest BCUT2D eigenvalue weighted by atomic mass is 10.1. The fourth-order valence-corrected chi connectivity index (χ4v) is 1.30. The van der Waals surface area contributed by atoms with Gasteiger partial charge in [0.1, 0.15) is 6.61 Å². The Balaban J connectivity index is 2.17. The van der Waals surface area contributed by atoms with E-state index in [0.717, 1.165) is 0 Å². The van der Waals surface area contributed by atoms with Crippen LogP contribution in [0.15, 0.2) is 41.2 Å². The van der Waals surface area contributed by atoms with Crippen LogP contribution in [-0.4, -0.2) is 18.6 Å². The van der Waals surface area contributed by atoms with Gasteiger partial charge in [-0.2, -0.15) is 0 Å². The second-order valence-electron chi connectivity index (χ2n) is 2.98. The van der Waals surface area contributed by atoms with Crippen molar-refractivity contribution >= 4 is 23.6 Å². The van der Waals surface area contributed by atoms with Gasteiger partial charge in [-0.05, 0) is 24.3 Å². The van der Waals surface area contributed by atoms with Crippen molar-refractivity contribution < 1.29 is 9.53 Å². The van der Waals surface area contributed by atoms with Gasteiger partial charge < -0.3 is 4.74 Å². The Hall–Kier alpha value is -1.61. The van der Waals surface area contributed by atoms with Crippen LogP contribution in [0.25, 0.3) is 0 Å². The van der Waals surface area contributed by atoms with Crippen LogP contribution in [0.1, 0.15) is 10.4 Å². The number of carbonyl (C=O) groups is 1. The number of ketones is 1. The molecule has 0 N–H and O–H groups in total. The fourth-order valence-electron chi connectivity index (χ4n) is 1.18. The number of benzene rings is 1. The molecule has 1 aliphatic rings. The lowest BCUT2D eigenvalue weighted by Gasteiger charge is -1.97. The number of nitrogens with zero attached hydrogens (tertiary/aromatic N) is 1. The van der Waals surface area contributed by atoms with E-state index in [9.17, 15) is 4.79 Å². The van der Waals surface area contributed by atoms with E-state index in [0.29, 0.717) is 23.1 Å². The molecule has 0 bridgehead atoms. The van der Waals surface area contributed by atoms with Crippen LogP contribution >= 0.6 is 11.6 Å². The quantitative estimate of drug-likeness (QED) is 0.569. The largest absolute Gasteiger partial charge is 0.472 e. The van der Waals surface area contributed by atoms with Gasteiger partial charge in [0.2, 0.25) is 5.88 Å². The molecule has 0 unspecified atom stereocenters. The summed E-state index contributed by atoms with van der Waals surface area (Å²) in [5.74, 6) is 0.218. The van der Waals surface area contributed by atoms with Gasteiger partial charge in [0.25, 0.3) is 0 Å². The van der Waals surface area contributed by atoms with Crippen LogP contribution in [0.2, 0.25) is 5.02 Å². The van der Waals surface area contributed by atoms with Crippen LogP contribution in [0.5, 0.6) is 0 Å². The molecule has 0 spiro atoms. The van der Waals surface area contributed by atoms with Crippen molar-refractivity contribution in [2.75, 3.05) is 6.61 Å². The molecule has 0 radical (unpaired) electrons. The minimum Gasteiger partial charge on any atom is -0.472 e. The summed E-state index contributed by atoms with van der Waals surface area (Å²) >= 11 is 5.71.